The number of halogens is 3. The van der Waals surface area contributed by atoms with Gasteiger partial charge in [-0.05, 0) is 12.3 Å². The summed E-state index contributed by atoms with van der Waals surface area (Å²) in [7, 11) is 0. The molecule has 1 aliphatic rings. The van der Waals surface area contributed by atoms with Crippen molar-refractivity contribution in [2.75, 3.05) is 13.1 Å². The fraction of sp³-hybridized carbons (Fsp3) is 0.421. The molecule has 1 aliphatic heterocycles. The maximum atomic E-state index is 14.0. The van der Waals surface area contributed by atoms with Crippen molar-refractivity contribution in [2.45, 2.75) is 31.9 Å². The number of carbonyl (C=O) groups is 1. The van der Waals surface area contributed by atoms with Crippen molar-refractivity contribution in [1.29, 1.82) is 0 Å². The number of carbonyl (C=O) groups excluding carboxylic acids is 1. The standard InChI is InChI=1S/C19H18F3N3O2/c1-13(2)8-9-15(26)25-11-10-18(12-25,19(20,21)22)17-23-16(24-27-17)14-6-4-3-5-7-14/h3-7,13H,10-12H2,1-2H3. The molecule has 0 N–H and O–H groups in total. The van der Waals surface area contributed by atoms with E-state index in [-0.39, 0.29) is 24.7 Å². The topological polar surface area (TPSA) is 59.2 Å². The van der Waals surface area contributed by atoms with Crippen LogP contribution in [0.1, 0.15) is 26.2 Å². The van der Waals surface area contributed by atoms with Gasteiger partial charge in [0.2, 0.25) is 11.7 Å². The van der Waals surface area contributed by atoms with Crippen molar-refractivity contribution >= 4 is 5.91 Å². The highest BCUT2D eigenvalue weighted by Crippen LogP contribution is 2.47. The third-order valence-electron chi connectivity index (χ3n) is 4.43. The summed E-state index contributed by atoms with van der Waals surface area (Å²) in [5.41, 5.74) is -1.83. The average Bonchev–Trinajstić information content (AvgIpc) is 3.27. The van der Waals surface area contributed by atoms with Crippen LogP contribution in [0.25, 0.3) is 11.4 Å². The van der Waals surface area contributed by atoms with E-state index in [0.717, 1.165) is 4.90 Å². The third kappa shape index (κ3) is 3.68. The molecule has 0 radical (unpaired) electrons. The Morgan fingerprint density at radius 2 is 2.00 bits per heavy atom. The SMILES string of the molecule is CC(C)C#CC(=O)N1CCC(c2nc(-c3ccccc3)no2)(C(F)(F)F)C1. The zero-order valence-electron chi connectivity index (χ0n) is 14.9. The Morgan fingerprint density at radius 1 is 1.30 bits per heavy atom. The maximum absolute atomic E-state index is 14.0. The van der Waals surface area contributed by atoms with Gasteiger partial charge in [-0.1, -0.05) is 55.3 Å². The van der Waals surface area contributed by atoms with Crippen LogP contribution in [-0.2, 0) is 10.2 Å². The largest absolute Gasteiger partial charge is 0.405 e. The Kier molecular flexibility index (Phi) is 4.96. The van der Waals surface area contributed by atoms with Crippen LogP contribution in [0, 0.1) is 17.8 Å². The van der Waals surface area contributed by atoms with Gasteiger partial charge < -0.3 is 9.42 Å². The van der Waals surface area contributed by atoms with E-state index in [4.69, 9.17) is 4.52 Å². The summed E-state index contributed by atoms with van der Waals surface area (Å²) in [6, 6.07) is 8.60. The first kappa shape index (κ1) is 19.0. The highest BCUT2D eigenvalue weighted by Gasteiger charge is 2.63. The Balaban J connectivity index is 1.92. The lowest BCUT2D eigenvalue weighted by molar-refractivity contribution is -0.193. The fourth-order valence-corrected chi connectivity index (χ4v) is 2.92. The molecule has 1 fully saturated rings. The van der Waals surface area contributed by atoms with Crippen LogP contribution >= 0.6 is 0 Å². The first-order valence-corrected chi connectivity index (χ1v) is 8.50. The van der Waals surface area contributed by atoms with Gasteiger partial charge in [-0.15, -0.1) is 0 Å². The number of rotatable bonds is 2. The van der Waals surface area contributed by atoms with Crippen molar-refractivity contribution in [3.8, 4) is 23.2 Å². The third-order valence-corrected chi connectivity index (χ3v) is 4.43. The molecule has 0 saturated carbocycles. The summed E-state index contributed by atoms with van der Waals surface area (Å²) < 4.78 is 46.9. The van der Waals surface area contributed by atoms with Crippen molar-refractivity contribution in [3.05, 3.63) is 36.2 Å². The molecule has 2 heterocycles. The van der Waals surface area contributed by atoms with Crippen molar-refractivity contribution in [2.24, 2.45) is 5.92 Å². The van der Waals surface area contributed by atoms with E-state index in [9.17, 15) is 18.0 Å². The van der Waals surface area contributed by atoms with Crippen LogP contribution in [0.2, 0.25) is 0 Å². The summed E-state index contributed by atoms with van der Waals surface area (Å²) in [5, 5.41) is 3.70. The second kappa shape index (κ2) is 7.06. The highest BCUT2D eigenvalue weighted by atomic mass is 19.4. The van der Waals surface area contributed by atoms with E-state index in [1.807, 2.05) is 0 Å². The molecule has 1 amide bonds. The van der Waals surface area contributed by atoms with Crippen molar-refractivity contribution < 1.29 is 22.5 Å². The lowest BCUT2D eigenvalue weighted by Crippen LogP contribution is -2.45. The number of alkyl halides is 3. The molecule has 27 heavy (non-hydrogen) atoms. The van der Waals surface area contributed by atoms with Crippen LogP contribution in [0.3, 0.4) is 0 Å². The molecule has 0 bridgehead atoms. The van der Waals surface area contributed by atoms with Gasteiger partial charge in [0.15, 0.2) is 5.41 Å². The zero-order chi connectivity index (χ0) is 19.7. The van der Waals surface area contributed by atoms with E-state index < -0.39 is 29.9 Å². The molecule has 0 spiro atoms. The maximum Gasteiger partial charge on any atom is 0.405 e. The van der Waals surface area contributed by atoms with E-state index in [1.54, 1.807) is 44.2 Å². The summed E-state index contributed by atoms with van der Waals surface area (Å²) in [5.74, 6) is 3.96. The van der Waals surface area contributed by atoms with Gasteiger partial charge in [-0.25, -0.2) is 0 Å². The van der Waals surface area contributed by atoms with Crippen LogP contribution < -0.4 is 0 Å². The van der Waals surface area contributed by atoms with E-state index in [0.29, 0.717) is 5.56 Å². The summed E-state index contributed by atoms with van der Waals surface area (Å²) in [6.45, 7) is 2.94. The highest BCUT2D eigenvalue weighted by molar-refractivity contribution is 5.93. The van der Waals surface area contributed by atoms with Gasteiger partial charge in [0, 0.05) is 24.6 Å². The minimum atomic E-state index is -4.64. The number of benzene rings is 1. The fourth-order valence-electron chi connectivity index (χ4n) is 2.92. The molecular formula is C19H18F3N3O2. The average molecular weight is 377 g/mol. The number of amides is 1. The van der Waals surface area contributed by atoms with Gasteiger partial charge in [-0.2, -0.15) is 18.2 Å². The van der Waals surface area contributed by atoms with Crippen LogP contribution in [0.5, 0.6) is 0 Å². The molecule has 2 aromatic rings. The summed E-state index contributed by atoms with van der Waals surface area (Å²) in [6.07, 6.45) is -4.99. The Morgan fingerprint density at radius 3 is 2.63 bits per heavy atom. The molecule has 1 aromatic carbocycles. The Bertz CT molecular complexity index is 881. The molecule has 1 aromatic heterocycles. The number of aromatic nitrogens is 2. The number of likely N-dealkylation sites (tertiary alicyclic amines) is 1. The van der Waals surface area contributed by atoms with E-state index in [2.05, 4.69) is 22.0 Å². The van der Waals surface area contributed by atoms with E-state index in [1.165, 1.54) is 0 Å². The van der Waals surface area contributed by atoms with E-state index >= 15 is 0 Å². The normalized spacial score (nSPS) is 19.9. The van der Waals surface area contributed by atoms with Crippen molar-refractivity contribution in [1.82, 2.24) is 15.0 Å². The van der Waals surface area contributed by atoms with Crippen LogP contribution in [-0.4, -0.2) is 40.2 Å². The number of nitrogens with zero attached hydrogens (tertiary/aromatic N) is 3. The second-order valence-corrected chi connectivity index (χ2v) is 6.77. The predicted octanol–water partition coefficient (Wildman–Crippen LogP) is 3.43. The monoisotopic (exact) mass is 377 g/mol. The smallest absolute Gasteiger partial charge is 0.338 e. The summed E-state index contributed by atoms with van der Waals surface area (Å²) in [4.78, 5) is 17.2. The first-order valence-electron chi connectivity index (χ1n) is 8.50. The summed E-state index contributed by atoms with van der Waals surface area (Å²) >= 11 is 0. The number of hydrogen-bond acceptors (Lipinski definition) is 4. The zero-order valence-corrected chi connectivity index (χ0v) is 14.9. The molecule has 5 nitrogen and oxygen atoms in total. The Labute approximate surface area is 154 Å². The molecule has 1 saturated heterocycles. The molecule has 1 unspecified atom stereocenters. The molecule has 1 atom stereocenters. The van der Waals surface area contributed by atoms with Crippen LogP contribution in [0.4, 0.5) is 13.2 Å². The molecule has 0 aliphatic carbocycles. The minimum Gasteiger partial charge on any atom is -0.338 e. The molecular weight excluding hydrogens is 359 g/mol. The molecule has 3 rings (SSSR count). The van der Waals surface area contributed by atoms with Crippen molar-refractivity contribution in [3.63, 3.8) is 0 Å². The van der Waals surface area contributed by atoms with Gasteiger partial charge in [-0.3, -0.25) is 4.79 Å². The predicted molar refractivity (Wildman–Crippen MR) is 91.3 cm³/mol. The van der Waals surface area contributed by atoms with Gasteiger partial charge in [0.25, 0.3) is 5.91 Å². The minimum absolute atomic E-state index is 0.0479. The van der Waals surface area contributed by atoms with Gasteiger partial charge in [0.05, 0.1) is 0 Å². The van der Waals surface area contributed by atoms with Crippen LogP contribution in [0.15, 0.2) is 34.9 Å². The lowest BCUT2D eigenvalue weighted by Gasteiger charge is -2.27. The second-order valence-electron chi connectivity index (χ2n) is 6.77. The quantitative estimate of drug-likeness (QED) is 0.753. The van der Waals surface area contributed by atoms with Gasteiger partial charge >= 0.3 is 6.18 Å². The number of hydrogen-bond donors (Lipinski definition) is 0. The Hall–Kier alpha value is -2.82. The first-order chi connectivity index (χ1) is 12.7. The molecule has 142 valence electrons. The van der Waals surface area contributed by atoms with Gasteiger partial charge in [0.1, 0.15) is 0 Å². The lowest BCUT2D eigenvalue weighted by atomic mass is 9.86. The molecule has 8 heteroatoms.